The SMILES string of the molecule is c1nc(CCN2CCNCC2)cn1C1CC1. The van der Waals surface area contributed by atoms with Crippen molar-refractivity contribution in [2.45, 2.75) is 25.3 Å². The summed E-state index contributed by atoms with van der Waals surface area (Å²) in [6, 6.07) is 0.764. The minimum Gasteiger partial charge on any atom is -0.334 e. The monoisotopic (exact) mass is 220 g/mol. The third-order valence-corrected chi connectivity index (χ3v) is 3.52. The first-order valence-electron chi connectivity index (χ1n) is 6.37. The van der Waals surface area contributed by atoms with Crippen LogP contribution in [0.25, 0.3) is 0 Å². The lowest BCUT2D eigenvalue weighted by Gasteiger charge is -2.26. The van der Waals surface area contributed by atoms with Crippen molar-refractivity contribution >= 4 is 0 Å². The van der Waals surface area contributed by atoms with Crippen LogP contribution >= 0.6 is 0 Å². The van der Waals surface area contributed by atoms with E-state index < -0.39 is 0 Å². The van der Waals surface area contributed by atoms with Gasteiger partial charge in [0.15, 0.2) is 0 Å². The number of aromatic nitrogens is 2. The third-order valence-electron chi connectivity index (χ3n) is 3.52. The molecule has 0 unspecified atom stereocenters. The fourth-order valence-corrected chi connectivity index (χ4v) is 2.29. The van der Waals surface area contributed by atoms with Gasteiger partial charge >= 0.3 is 0 Å². The van der Waals surface area contributed by atoms with Gasteiger partial charge in [0.25, 0.3) is 0 Å². The number of imidazole rings is 1. The molecule has 0 atom stereocenters. The van der Waals surface area contributed by atoms with Crippen LogP contribution in [0.1, 0.15) is 24.6 Å². The molecule has 88 valence electrons. The molecule has 2 heterocycles. The Labute approximate surface area is 96.7 Å². The van der Waals surface area contributed by atoms with Gasteiger partial charge in [-0.15, -0.1) is 0 Å². The van der Waals surface area contributed by atoms with E-state index in [1.54, 1.807) is 0 Å². The van der Waals surface area contributed by atoms with Crippen LogP contribution in [0.15, 0.2) is 12.5 Å². The Kier molecular flexibility index (Phi) is 2.93. The van der Waals surface area contributed by atoms with Crippen molar-refractivity contribution in [3.05, 3.63) is 18.2 Å². The Hall–Kier alpha value is -0.870. The number of rotatable bonds is 4. The number of nitrogens with zero attached hydrogens (tertiary/aromatic N) is 3. The van der Waals surface area contributed by atoms with Crippen molar-refractivity contribution in [2.24, 2.45) is 0 Å². The summed E-state index contributed by atoms with van der Waals surface area (Å²) in [5.41, 5.74) is 1.26. The van der Waals surface area contributed by atoms with E-state index in [0.717, 1.165) is 32.1 Å². The van der Waals surface area contributed by atoms with E-state index in [4.69, 9.17) is 0 Å². The quantitative estimate of drug-likeness (QED) is 0.809. The molecular formula is C12H20N4. The van der Waals surface area contributed by atoms with Crippen molar-refractivity contribution < 1.29 is 0 Å². The highest BCUT2D eigenvalue weighted by Gasteiger charge is 2.23. The zero-order chi connectivity index (χ0) is 10.8. The van der Waals surface area contributed by atoms with Gasteiger partial charge in [-0.3, -0.25) is 0 Å². The summed E-state index contributed by atoms with van der Waals surface area (Å²) < 4.78 is 2.28. The summed E-state index contributed by atoms with van der Waals surface area (Å²) in [6.07, 6.45) is 8.02. The molecule has 3 rings (SSSR count). The fourth-order valence-electron chi connectivity index (χ4n) is 2.29. The molecule has 2 fully saturated rings. The molecule has 0 amide bonds. The van der Waals surface area contributed by atoms with Crippen LogP contribution in [0.4, 0.5) is 0 Å². The predicted molar refractivity (Wildman–Crippen MR) is 63.5 cm³/mol. The first kappa shape index (κ1) is 10.3. The molecule has 1 aliphatic carbocycles. The second-order valence-corrected chi connectivity index (χ2v) is 4.89. The molecule has 4 heteroatoms. The molecule has 0 spiro atoms. The van der Waals surface area contributed by atoms with Crippen LogP contribution < -0.4 is 5.32 Å². The predicted octanol–water partition coefficient (Wildman–Crippen LogP) is 0.666. The van der Waals surface area contributed by atoms with Gasteiger partial charge in [0.2, 0.25) is 0 Å². The minimum absolute atomic E-state index is 0.764. The Morgan fingerprint density at radius 3 is 2.88 bits per heavy atom. The summed E-state index contributed by atoms with van der Waals surface area (Å²) in [4.78, 5) is 7.00. The van der Waals surface area contributed by atoms with Gasteiger partial charge in [0, 0.05) is 51.4 Å². The molecule has 0 bridgehead atoms. The number of hydrogen-bond donors (Lipinski definition) is 1. The van der Waals surface area contributed by atoms with E-state index in [1.807, 2.05) is 6.33 Å². The first-order chi connectivity index (χ1) is 7.92. The van der Waals surface area contributed by atoms with Crippen LogP contribution in [0.3, 0.4) is 0 Å². The second-order valence-electron chi connectivity index (χ2n) is 4.89. The Balaban J connectivity index is 1.49. The molecule has 1 saturated heterocycles. The molecule has 1 N–H and O–H groups in total. The summed E-state index contributed by atoms with van der Waals surface area (Å²) in [5, 5.41) is 3.38. The molecular weight excluding hydrogens is 200 g/mol. The molecule has 0 aromatic carbocycles. The average Bonchev–Trinajstić information content (AvgIpc) is 3.08. The van der Waals surface area contributed by atoms with Gasteiger partial charge in [-0.2, -0.15) is 0 Å². The van der Waals surface area contributed by atoms with Crippen molar-refractivity contribution in [3.8, 4) is 0 Å². The largest absolute Gasteiger partial charge is 0.334 e. The molecule has 1 aliphatic heterocycles. The molecule has 4 nitrogen and oxygen atoms in total. The summed E-state index contributed by atoms with van der Waals surface area (Å²) in [5.74, 6) is 0. The Morgan fingerprint density at radius 2 is 2.12 bits per heavy atom. The summed E-state index contributed by atoms with van der Waals surface area (Å²) >= 11 is 0. The van der Waals surface area contributed by atoms with Crippen molar-refractivity contribution in [1.29, 1.82) is 0 Å². The fraction of sp³-hybridized carbons (Fsp3) is 0.750. The van der Waals surface area contributed by atoms with E-state index >= 15 is 0 Å². The molecule has 1 saturated carbocycles. The van der Waals surface area contributed by atoms with Crippen molar-refractivity contribution in [1.82, 2.24) is 19.8 Å². The van der Waals surface area contributed by atoms with Crippen molar-refractivity contribution in [3.63, 3.8) is 0 Å². The van der Waals surface area contributed by atoms with Gasteiger partial charge in [0.05, 0.1) is 12.0 Å². The van der Waals surface area contributed by atoms with Crippen LogP contribution in [0.5, 0.6) is 0 Å². The summed E-state index contributed by atoms with van der Waals surface area (Å²) in [6.45, 7) is 5.79. The first-order valence-corrected chi connectivity index (χ1v) is 6.37. The molecule has 2 aliphatic rings. The highest BCUT2D eigenvalue weighted by Crippen LogP contribution is 2.34. The highest BCUT2D eigenvalue weighted by atomic mass is 15.2. The zero-order valence-corrected chi connectivity index (χ0v) is 9.73. The van der Waals surface area contributed by atoms with Crippen molar-refractivity contribution in [2.75, 3.05) is 32.7 Å². The number of nitrogens with one attached hydrogen (secondary N) is 1. The maximum Gasteiger partial charge on any atom is 0.0951 e. The van der Waals surface area contributed by atoms with Gasteiger partial charge in [-0.25, -0.2) is 4.98 Å². The number of hydrogen-bond acceptors (Lipinski definition) is 3. The van der Waals surface area contributed by atoms with E-state index in [1.165, 1.54) is 31.6 Å². The zero-order valence-electron chi connectivity index (χ0n) is 9.73. The van der Waals surface area contributed by atoms with Gasteiger partial charge in [0.1, 0.15) is 0 Å². The molecule has 1 aromatic rings. The average molecular weight is 220 g/mol. The van der Waals surface area contributed by atoms with Gasteiger partial charge in [-0.1, -0.05) is 0 Å². The van der Waals surface area contributed by atoms with E-state index in [9.17, 15) is 0 Å². The standard InChI is InChI=1S/C12H20N4/c1-2-12(1)16-9-11(14-10-16)3-6-15-7-4-13-5-8-15/h9-10,12-13H,1-8H2. The minimum atomic E-state index is 0.764. The smallest absolute Gasteiger partial charge is 0.0951 e. The van der Waals surface area contributed by atoms with Gasteiger partial charge in [-0.05, 0) is 12.8 Å². The normalized spacial score (nSPS) is 22.5. The lowest BCUT2D eigenvalue weighted by Crippen LogP contribution is -2.44. The maximum atomic E-state index is 4.48. The number of piperazine rings is 1. The highest BCUT2D eigenvalue weighted by molar-refractivity contribution is 5.01. The van der Waals surface area contributed by atoms with Crippen LogP contribution in [-0.2, 0) is 6.42 Å². The third kappa shape index (κ3) is 2.44. The maximum absolute atomic E-state index is 4.48. The summed E-state index contributed by atoms with van der Waals surface area (Å²) in [7, 11) is 0. The Bertz CT molecular complexity index is 337. The van der Waals surface area contributed by atoms with Crippen LogP contribution in [0.2, 0.25) is 0 Å². The molecule has 16 heavy (non-hydrogen) atoms. The second kappa shape index (κ2) is 4.55. The lowest BCUT2D eigenvalue weighted by molar-refractivity contribution is 0.243. The van der Waals surface area contributed by atoms with E-state index in [0.29, 0.717) is 0 Å². The van der Waals surface area contributed by atoms with Gasteiger partial charge < -0.3 is 14.8 Å². The van der Waals surface area contributed by atoms with Crippen LogP contribution in [0, 0.1) is 0 Å². The van der Waals surface area contributed by atoms with E-state index in [-0.39, 0.29) is 0 Å². The lowest BCUT2D eigenvalue weighted by atomic mass is 10.3. The Morgan fingerprint density at radius 1 is 1.31 bits per heavy atom. The molecule has 1 aromatic heterocycles. The topological polar surface area (TPSA) is 33.1 Å². The van der Waals surface area contributed by atoms with Crippen LogP contribution in [-0.4, -0.2) is 47.2 Å². The van der Waals surface area contributed by atoms with E-state index in [2.05, 4.69) is 26.0 Å². The molecule has 0 radical (unpaired) electrons.